The van der Waals surface area contributed by atoms with Crippen LogP contribution in [0.1, 0.15) is 30.5 Å². The largest absolute Gasteiger partial charge is 0.301 e. The van der Waals surface area contributed by atoms with Gasteiger partial charge in [-0.25, -0.2) is 4.98 Å². The molecule has 25 heavy (non-hydrogen) atoms. The molecule has 0 aliphatic carbocycles. The van der Waals surface area contributed by atoms with Gasteiger partial charge in [0, 0.05) is 22.7 Å². The van der Waals surface area contributed by atoms with Crippen molar-refractivity contribution in [2.75, 3.05) is 24.2 Å². The van der Waals surface area contributed by atoms with Crippen molar-refractivity contribution in [1.82, 2.24) is 9.88 Å². The predicted octanol–water partition coefficient (Wildman–Crippen LogP) is 4.65. The van der Waals surface area contributed by atoms with Crippen molar-refractivity contribution in [2.24, 2.45) is 0 Å². The summed E-state index contributed by atoms with van der Waals surface area (Å²) >= 11 is 8.96. The molecule has 1 saturated heterocycles. The van der Waals surface area contributed by atoms with Gasteiger partial charge in [0.25, 0.3) is 0 Å². The van der Waals surface area contributed by atoms with Crippen LogP contribution in [-0.2, 0) is 17.1 Å². The predicted molar refractivity (Wildman–Crippen MR) is 107 cm³/mol. The number of hydrogen-bond acceptors (Lipinski definition) is 5. The number of halogens is 1. The molecule has 0 spiro atoms. The van der Waals surface area contributed by atoms with Crippen molar-refractivity contribution in [3.8, 4) is 0 Å². The van der Waals surface area contributed by atoms with Crippen LogP contribution >= 0.6 is 34.7 Å². The second kappa shape index (κ2) is 9.57. The number of rotatable bonds is 7. The molecule has 4 nitrogen and oxygen atoms in total. The van der Waals surface area contributed by atoms with Gasteiger partial charge in [-0.3, -0.25) is 9.69 Å². The number of piperidine rings is 1. The number of carbonyl (C=O) groups is 1. The number of likely N-dealkylation sites (tertiary alicyclic amines) is 1. The summed E-state index contributed by atoms with van der Waals surface area (Å²) in [5.74, 6) is 1.21. The van der Waals surface area contributed by atoms with Crippen LogP contribution in [-0.4, -0.2) is 34.6 Å². The fraction of sp³-hybridized carbons (Fsp3) is 0.444. The van der Waals surface area contributed by atoms with Crippen LogP contribution in [0.15, 0.2) is 29.6 Å². The van der Waals surface area contributed by atoms with Crippen LogP contribution in [0, 0.1) is 0 Å². The molecule has 7 heteroatoms. The second-order valence-corrected chi connectivity index (χ2v) is 8.43. The van der Waals surface area contributed by atoms with E-state index in [0.717, 1.165) is 36.1 Å². The van der Waals surface area contributed by atoms with Gasteiger partial charge in [0.05, 0.1) is 11.4 Å². The lowest BCUT2D eigenvalue weighted by molar-refractivity contribution is -0.113. The van der Waals surface area contributed by atoms with E-state index in [-0.39, 0.29) is 5.91 Å². The number of amides is 1. The van der Waals surface area contributed by atoms with Crippen molar-refractivity contribution < 1.29 is 4.79 Å². The number of nitrogens with zero attached hydrogens (tertiary/aromatic N) is 2. The Kier molecular flexibility index (Phi) is 7.16. The molecule has 1 amide bonds. The number of aromatic nitrogens is 1. The molecule has 2 heterocycles. The van der Waals surface area contributed by atoms with E-state index in [0.29, 0.717) is 10.9 Å². The van der Waals surface area contributed by atoms with Gasteiger partial charge in [-0.1, -0.05) is 30.2 Å². The fourth-order valence-electron chi connectivity index (χ4n) is 2.78. The molecule has 0 radical (unpaired) electrons. The van der Waals surface area contributed by atoms with Gasteiger partial charge < -0.3 is 5.32 Å². The van der Waals surface area contributed by atoms with Gasteiger partial charge in [-0.05, 0) is 43.6 Å². The molecule has 1 aromatic carbocycles. The number of thioether (sulfide) groups is 1. The van der Waals surface area contributed by atoms with Gasteiger partial charge in [0.2, 0.25) is 5.91 Å². The third kappa shape index (κ3) is 6.29. The average molecular weight is 396 g/mol. The van der Waals surface area contributed by atoms with Crippen LogP contribution in [0.25, 0.3) is 0 Å². The molecule has 1 fully saturated rings. The van der Waals surface area contributed by atoms with E-state index in [9.17, 15) is 4.79 Å². The van der Waals surface area contributed by atoms with Crippen molar-refractivity contribution in [2.45, 2.75) is 31.6 Å². The first-order chi connectivity index (χ1) is 12.2. The Balaban J connectivity index is 1.39. The highest BCUT2D eigenvalue weighted by Gasteiger charge is 2.13. The summed E-state index contributed by atoms with van der Waals surface area (Å²) in [5, 5.41) is 6.38. The van der Waals surface area contributed by atoms with E-state index in [1.165, 1.54) is 36.2 Å². The van der Waals surface area contributed by atoms with E-state index >= 15 is 0 Å². The van der Waals surface area contributed by atoms with Crippen molar-refractivity contribution in [3.63, 3.8) is 0 Å². The van der Waals surface area contributed by atoms with Crippen LogP contribution in [0.4, 0.5) is 5.13 Å². The molecule has 0 saturated carbocycles. The number of thiazole rings is 1. The minimum Gasteiger partial charge on any atom is -0.301 e. The van der Waals surface area contributed by atoms with E-state index in [1.807, 2.05) is 29.6 Å². The summed E-state index contributed by atoms with van der Waals surface area (Å²) in [4.78, 5) is 19.0. The third-order valence-electron chi connectivity index (χ3n) is 4.05. The number of benzene rings is 1. The molecule has 1 aromatic heterocycles. The first kappa shape index (κ1) is 18.7. The molecule has 1 N–H and O–H groups in total. The maximum Gasteiger partial charge on any atom is 0.236 e. The van der Waals surface area contributed by atoms with Crippen molar-refractivity contribution in [1.29, 1.82) is 0 Å². The van der Waals surface area contributed by atoms with Gasteiger partial charge in [0.1, 0.15) is 0 Å². The van der Waals surface area contributed by atoms with Crippen molar-refractivity contribution in [3.05, 3.63) is 45.9 Å². The molecule has 0 unspecified atom stereocenters. The minimum absolute atomic E-state index is 0.00200. The average Bonchev–Trinajstić information content (AvgIpc) is 3.04. The SMILES string of the molecule is O=C(CSCc1ccc(Cl)cc1)Nc1nc(CN2CCCCC2)cs1. The Labute approximate surface area is 162 Å². The zero-order valence-electron chi connectivity index (χ0n) is 14.0. The monoisotopic (exact) mass is 395 g/mol. The Bertz CT molecular complexity index is 684. The molecule has 3 rings (SSSR count). The Hall–Kier alpha value is -1.08. The number of anilines is 1. The maximum atomic E-state index is 12.1. The summed E-state index contributed by atoms with van der Waals surface area (Å²) in [5.41, 5.74) is 2.22. The smallest absolute Gasteiger partial charge is 0.236 e. The maximum absolute atomic E-state index is 12.1. The van der Waals surface area contributed by atoms with Crippen LogP contribution in [0.3, 0.4) is 0 Å². The topological polar surface area (TPSA) is 45.2 Å². The summed E-state index contributed by atoms with van der Waals surface area (Å²) in [6.45, 7) is 3.19. The molecular weight excluding hydrogens is 374 g/mol. The van der Waals surface area contributed by atoms with Crippen LogP contribution < -0.4 is 5.32 Å². The molecule has 1 aliphatic heterocycles. The Morgan fingerprint density at radius 3 is 2.76 bits per heavy atom. The Morgan fingerprint density at radius 2 is 2.00 bits per heavy atom. The first-order valence-corrected chi connectivity index (χ1v) is 10.9. The second-order valence-electron chi connectivity index (χ2n) is 6.15. The van der Waals surface area contributed by atoms with Crippen molar-refractivity contribution >= 4 is 45.7 Å². The molecule has 0 atom stereocenters. The number of hydrogen-bond donors (Lipinski definition) is 1. The highest BCUT2D eigenvalue weighted by Crippen LogP contribution is 2.20. The zero-order chi connectivity index (χ0) is 17.5. The standard InChI is InChI=1S/C18H22ClN3OS2/c19-15-6-4-14(5-7-15)11-24-13-17(23)21-18-20-16(12-25-18)10-22-8-2-1-3-9-22/h4-7,12H,1-3,8-11,13H2,(H,20,21,23). The first-order valence-electron chi connectivity index (χ1n) is 8.48. The molecule has 1 aliphatic rings. The summed E-state index contributed by atoms with van der Waals surface area (Å²) < 4.78 is 0. The molecule has 134 valence electrons. The van der Waals surface area contributed by atoms with E-state index < -0.39 is 0 Å². The molecule has 2 aromatic rings. The Morgan fingerprint density at radius 1 is 1.24 bits per heavy atom. The minimum atomic E-state index is -0.00200. The van der Waals surface area contributed by atoms with Gasteiger partial charge in [-0.15, -0.1) is 23.1 Å². The lowest BCUT2D eigenvalue weighted by atomic mass is 10.1. The van der Waals surface area contributed by atoms with Crippen LogP contribution in [0.2, 0.25) is 5.02 Å². The molecular formula is C18H22ClN3OS2. The molecule has 0 bridgehead atoms. The lowest BCUT2D eigenvalue weighted by Gasteiger charge is -2.25. The van der Waals surface area contributed by atoms with Gasteiger partial charge in [-0.2, -0.15) is 0 Å². The van der Waals surface area contributed by atoms with E-state index in [4.69, 9.17) is 11.6 Å². The highest BCUT2D eigenvalue weighted by atomic mass is 35.5. The van der Waals surface area contributed by atoms with Gasteiger partial charge in [0.15, 0.2) is 5.13 Å². The summed E-state index contributed by atoms with van der Waals surface area (Å²) in [6, 6.07) is 7.72. The fourth-order valence-corrected chi connectivity index (χ4v) is 4.41. The zero-order valence-corrected chi connectivity index (χ0v) is 16.4. The highest BCUT2D eigenvalue weighted by molar-refractivity contribution is 7.99. The normalized spacial score (nSPS) is 15.2. The number of nitrogens with one attached hydrogen (secondary N) is 1. The van der Waals surface area contributed by atoms with E-state index in [2.05, 4.69) is 15.2 Å². The lowest BCUT2D eigenvalue weighted by Crippen LogP contribution is -2.29. The quantitative estimate of drug-likeness (QED) is 0.740. The number of carbonyl (C=O) groups excluding carboxylic acids is 1. The summed E-state index contributed by atoms with van der Waals surface area (Å²) in [7, 11) is 0. The third-order valence-corrected chi connectivity index (χ3v) is 6.11. The van der Waals surface area contributed by atoms with Gasteiger partial charge >= 0.3 is 0 Å². The van der Waals surface area contributed by atoms with Crippen LogP contribution in [0.5, 0.6) is 0 Å². The van der Waals surface area contributed by atoms with E-state index in [1.54, 1.807) is 11.8 Å². The summed E-state index contributed by atoms with van der Waals surface area (Å²) in [6.07, 6.45) is 3.89.